The number of fused-ring (bicyclic) bond motifs is 1. The van der Waals surface area contributed by atoms with Crippen LogP contribution in [-0.4, -0.2) is 25.2 Å². The molecule has 1 heterocycles. The van der Waals surface area contributed by atoms with Gasteiger partial charge in [-0.05, 0) is 0 Å². The molecule has 0 saturated heterocycles. The SMILES string of the molecule is CCC[CH2][Sn]1([CH2]CCC)[O]C(=O)c2ccc(N)cc2[O]1. The predicted octanol–water partition coefficient (Wildman–Crippen LogP) is 3.86. The number of hydrogen-bond acceptors (Lipinski definition) is 4. The third-order valence-corrected chi connectivity index (χ3v) is 13.3. The van der Waals surface area contributed by atoms with Crippen LogP contribution in [0.2, 0.25) is 8.87 Å². The molecule has 0 spiro atoms. The van der Waals surface area contributed by atoms with E-state index >= 15 is 0 Å². The molecular formula is C15H23NO3Sn. The zero-order valence-electron chi connectivity index (χ0n) is 12.3. The molecule has 5 heteroatoms. The van der Waals surface area contributed by atoms with Crippen LogP contribution in [0.4, 0.5) is 5.69 Å². The van der Waals surface area contributed by atoms with Crippen molar-refractivity contribution in [3.8, 4) is 5.75 Å². The summed E-state index contributed by atoms with van der Waals surface area (Å²) in [5, 5.41) is 0. The van der Waals surface area contributed by atoms with E-state index in [9.17, 15) is 4.79 Å². The second kappa shape index (κ2) is 6.70. The number of carbonyl (C=O) groups excluding carboxylic acids is 1. The zero-order valence-corrected chi connectivity index (χ0v) is 15.1. The van der Waals surface area contributed by atoms with E-state index in [0.29, 0.717) is 17.0 Å². The molecule has 1 aromatic rings. The van der Waals surface area contributed by atoms with Gasteiger partial charge in [-0.25, -0.2) is 0 Å². The van der Waals surface area contributed by atoms with Crippen LogP contribution < -0.4 is 8.81 Å². The maximum atomic E-state index is 12.2. The van der Waals surface area contributed by atoms with Crippen molar-refractivity contribution in [1.29, 1.82) is 0 Å². The number of rotatable bonds is 6. The summed E-state index contributed by atoms with van der Waals surface area (Å²) in [4.78, 5) is 12.2. The molecule has 0 unspecified atom stereocenters. The van der Waals surface area contributed by atoms with E-state index in [4.69, 9.17) is 11.9 Å². The fourth-order valence-corrected chi connectivity index (χ4v) is 12.5. The monoisotopic (exact) mass is 385 g/mol. The zero-order chi connectivity index (χ0) is 14.6. The minimum atomic E-state index is -3.31. The van der Waals surface area contributed by atoms with Crippen molar-refractivity contribution in [3.05, 3.63) is 23.8 Å². The number of hydrogen-bond donors (Lipinski definition) is 1. The summed E-state index contributed by atoms with van der Waals surface area (Å²) >= 11 is -3.31. The van der Waals surface area contributed by atoms with Gasteiger partial charge in [0.05, 0.1) is 0 Å². The summed E-state index contributed by atoms with van der Waals surface area (Å²) in [6.45, 7) is 4.30. The molecule has 0 aliphatic carbocycles. The summed E-state index contributed by atoms with van der Waals surface area (Å²) in [5.41, 5.74) is 6.95. The van der Waals surface area contributed by atoms with Gasteiger partial charge in [0.15, 0.2) is 0 Å². The van der Waals surface area contributed by atoms with Gasteiger partial charge in [-0.15, -0.1) is 0 Å². The number of nitrogens with two attached hydrogens (primary N) is 1. The Hall–Kier alpha value is -0.911. The van der Waals surface area contributed by atoms with Crippen LogP contribution in [0.25, 0.3) is 0 Å². The second-order valence-corrected chi connectivity index (χ2v) is 14.6. The molecular weight excluding hydrogens is 361 g/mol. The Kier molecular flexibility index (Phi) is 5.18. The first-order chi connectivity index (χ1) is 9.60. The molecule has 2 rings (SSSR count). The Morgan fingerprint density at radius 1 is 1.10 bits per heavy atom. The Balaban J connectivity index is 2.28. The molecule has 2 N–H and O–H groups in total. The van der Waals surface area contributed by atoms with Gasteiger partial charge in [-0.2, -0.15) is 0 Å². The van der Waals surface area contributed by atoms with Gasteiger partial charge < -0.3 is 0 Å². The molecule has 0 atom stereocenters. The van der Waals surface area contributed by atoms with Crippen molar-refractivity contribution in [2.24, 2.45) is 0 Å². The molecule has 1 aromatic carbocycles. The third-order valence-electron chi connectivity index (χ3n) is 3.62. The van der Waals surface area contributed by atoms with Gasteiger partial charge in [0.1, 0.15) is 0 Å². The number of anilines is 1. The van der Waals surface area contributed by atoms with Gasteiger partial charge in [0.25, 0.3) is 0 Å². The summed E-state index contributed by atoms with van der Waals surface area (Å²) in [5.74, 6) is 0.429. The van der Waals surface area contributed by atoms with Gasteiger partial charge in [-0.1, -0.05) is 0 Å². The Labute approximate surface area is 125 Å². The summed E-state index contributed by atoms with van der Waals surface area (Å²) in [6.07, 6.45) is 4.31. The molecule has 110 valence electrons. The van der Waals surface area contributed by atoms with Crippen LogP contribution in [0, 0.1) is 0 Å². The van der Waals surface area contributed by atoms with Crippen LogP contribution >= 0.6 is 0 Å². The Morgan fingerprint density at radius 2 is 1.75 bits per heavy atom. The first kappa shape index (κ1) is 15.5. The van der Waals surface area contributed by atoms with E-state index in [1.807, 2.05) is 0 Å². The van der Waals surface area contributed by atoms with E-state index in [2.05, 4.69) is 13.8 Å². The van der Waals surface area contributed by atoms with Crippen LogP contribution in [0.1, 0.15) is 49.9 Å². The molecule has 0 fully saturated rings. The van der Waals surface area contributed by atoms with Gasteiger partial charge in [-0.3, -0.25) is 0 Å². The maximum absolute atomic E-state index is 12.2. The van der Waals surface area contributed by atoms with Crippen LogP contribution in [0.3, 0.4) is 0 Å². The average Bonchev–Trinajstić information content (AvgIpc) is 2.42. The first-order valence-corrected chi connectivity index (χ1v) is 13.8. The van der Waals surface area contributed by atoms with Crippen molar-refractivity contribution >= 4 is 30.9 Å². The molecule has 20 heavy (non-hydrogen) atoms. The molecule has 0 amide bonds. The fourth-order valence-electron chi connectivity index (χ4n) is 2.46. The summed E-state index contributed by atoms with van der Waals surface area (Å²) < 4.78 is 14.0. The fraction of sp³-hybridized carbons (Fsp3) is 0.533. The molecule has 0 bridgehead atoms. The standard InChI is InChI=1S/C7H7NO3.2C4H9.Sn/c8-4-1-2-5(7(10)11)6(9)3-4;2*1-3-4-2;/h1-3,9H,8H2,(H,10,11);2*1,3-4H2,2H3;/q;;;+2/p-2. The van der Waals surface area contributed by atoms with Crippen molar-refractivity contribution in [2.75, 3.05) is 5.73 Å². The van der Waals surface area contributed by atoms with E-state index in [-0.39, 0.29) is 5.97 Å². The van der Waals surface area contributed by atoms with E-state index in [1.54, 1.807) is 18.2 Å². The molecule has 4 nitrogen and oxygen atoms in total. The average molecular weight is 384 g/mol. The topological polar surface area (TPSA) is 61.5 Å². The van der Waals surface area contributed by atoms with Crippen molar-refractivity contribution in [2.45, 2.75) is 48.4 Å². The molecule has 0 aromatic heterocycles. The Morgan fingerprint density at radius 3 is 2.35 bits per heavy atom. The summed E-state index contributed by atoms with van der Waals surface area (Å²) in [7, 11) is 0. The van der Waals surface area contributed by atoms with Gasteiger partial charge >= 0.3 is 125 Å². The molecule has 0 saturated carbocycles. The predicted molar refractivity (Wildman–Crippen MR) is 82.1 cm³/mol. The third kappa shape index (κ3) is 3.40. The minimum absolute atomic E-state index is 0.214. The van der Waals surface area contributed by atoms with Gasteiger partial charge in [0.2, 0.25) is 0 Å². The second-order valence-electron chi connectivity index (χ2n) is 5.36. The molecule has 1 aliphatic heterocycles. The molecule has 1 aliphatic rings. The van der Waals surface area contributed by atoms with Crippen LogP contribution in [-0.2, 0) is 3.07 Å². The normalized spacial score (nSPS) is 16.2. The number of benzene rings is 1. The number of unbranched alkanes of at least 4 members (excludes halogenated alkanes) is 2. The van der Waals surface area contributed by atoms with Crippen molar-refractivity contribution < 1.29 is 10.9 Å². The van der Waals surface area contributed by atoms with E-state index in [1.165, 1.54) is 0 Å². The number of carbonyl (C=O) groups is 1. The van der Waals surface area contributed by atoms with Crippen LogP contribution in [0.15, 0.2) is 18.2 Å². The quantitative estimate of drug-likeness (QED) is 0.598. The molecule has 0 radical (unpaired) electrons. The van der Waals surface area contributed by atoms with E-state index in [0.717, 1.165) is 34.6 Å². The van der Waals surface area contributed by atoms with Gasteiger partial charge in [0, 0.05) is 0 Å². The van der Waals surface area contributed by atoms with Crippen molar-refractivity contribution in [3.63, 3.8) is 0 Å². The summed E-state index contributed by atoms with van der Waals surface area (Å²) in [6, 6.07) is 5.17. The van der Waals surface area contributed by atoms with Crippen LogP contribution in [0.5, 0.6) is 5.75 Å². The van der Waals surface area contributed by atoms with E-state index < -0.39 is 19.2 Å². The first-order valence-electron chi connectivity index (χ1n) is 7.42. The number of nitrogen functional groups attached to an aromatic ring is 1. The Bertz CT molecular complexity index is 482. The van der Waals surface area contributed by atoms with Crippen molar-refractivity contribution in [1.82, 2.24) is 0 Å².